The van der Waals surface area contributed by atoms with E-state index in [9.17, 15) is 19.8 Å². The quantitative estimate of drug-likeness (QED) is 0.0327. The molecule has 0 saturated heterocycles. The van der Waals surface area contributed by atoms with Crippen LogP contribution in [0.1, 0.15) is 245 Å². The van der Waals surface area contributed by atoms with Crippen molar-refractivity contribution in [1.82, 2.24) is 5.32 Å². The number of aliphatic hydroxyl groups excluding tert-OH is 2. The van der Waals surface area contributed by atoms with Crippen molar-refractivity contribution < 1.29 is 24.5 Å². The van der Waals surface area contributed by atoms with Crippen LogP contribution >= 0.6 is 0 Å². The molecule has 0 bridgehead atoms. The lowest BCUT2D eigenvalue weighted by Crippen LogP contribution is -2.45. The van der Waals surface area contributed by atoms with E-state index in [0.29, 0.717) is 19.4 Å². The number of ether oxygens (including phenoxy) is 1. The van der Waals surface area contributed by atoms with E-state index < -0.39 is 12.1 Å². The van der Waals surface area contributed by atoms with Crippen LogP contribution in [-0.2, 0) is 14.3 Å². The van der Waals surface area contributed by atoms with Crippen LogP contribution in [0.5, 0.6) is 0 Å². The fraction of sp³-hybridized carbons (Fsp3) is 0.875. The molecule has 0 heterocycles. The first-order valence-corrected chi connectivity index (χ1v) is 23.6. The van der Waals surface area contributed by atoms with Crippen molar-refractivity contribution in [3.05, 3.63) is 24.3 Å². The number of carbonyl (C=O) groups excluding carboxylic acids is 2. The summed E-state index contributed by atoms with van der Waals surface area (Å²) in [7, 11) is 0. The van der Waals surface area contributed by atoms with Gasteiger partial charge in [-0.2, -0.15) is 0 Å². The summed E-state index contributed by atoms with van der Waals surface area (Å²) < 4.78 is 5.45. The molecule has 3 N–H and O–H groups in total. The maximum absolute atomic E-state index is 12.4. The number of hydrogen-bond acceptors (Lipinski definition) is 5. The molecule has 0 aromatic heterocycles. The summed E-state index contributed by atoms with van der Waals surface area (Å²) in [5.41, 5.74) is 0. The third-order valence-electron chi connectivity index (χ3n) is 10.7. The van der Waals surface area contributed by atoms with E-state index in [4.69, 9.17) is 4.74 Å². The van der Waals surface area contributed by atoms with Gasteiger partial charge < -0.3 is 20.3 Å². The number of amides is 1. The van der Waals surface area contributed by atoms with E-state index in [2.05, 4.69) is 31.3 Å². The third-order valence-corrected chi connectivity index (χ3v) is 10.7. The van der Waals surface area contributed by atoms with Crippen molar-refractivity contribution in [3.8, 4) is 0 Å². The molecule has 0 radical (unpaired) electrons. The van der Waals surface area contributed by atoms with Gasteiger partial charge in [-0.25, -0.2) is 0 Å². The van der Waals surface area contributed by atoms with Gasteiger partial charge in [-0.1, -0.05) is 199 Å². The van der Waals surface area contributed by atoms with Crippen molar-refractivity contribution in [2.45, 2.75) is 257 Å². The number of unbranched alkanes of at least 4 members (excludes halogenated alkanes) is 30. The van der Waals surface area contributed by atoms with Crippen molar-refractivity contribution in [2.24, 2.45) is 0 Å². The summed E-state index contributed by atoms with van der Waals surface area (Å²) >= 11 is 0. The van der Waals surface area contributed by atoms with Crippen LogP contribution in [-0.4, -0.2) is 47.4 Å². The average molecular weight is 762 g/mol. The van der Waals surface area contributed by atoms with Crippen LogP contribution in [0.2, 0.25) is 0 Å². The van der Waals surface area contributed by atoms with Crippen LogP contribution in [0, 0.1) is 0 Å². The van der Waals surface area contributed by atoms with E-state index in [1.807, 2.05) is 6.08 Å². The van der Waals surface area contributed by atoms with E-state index in [0.717, 1.165) is 57.8 Å². The zero-order valence-electron chi connectivity index (χ0n) is 36.0. The van der Waals surface area contributed by atoms with Crippen molar-refractivity contribution in [3.63, 3.8) is 0 Å². The summed E-state index contributed by atoms with van der Waals surface area (Å²) in [5.74, 6) is -0.106. The van der Waals surface area contributed by atoms with Gasteiger partial charge in [0, 0.05) is 12.8 Å². The van der Waals surface area contributed by atoms with Gasteiger partial charge in [0.2, 0.25) is 5.91 Å². The highest BCUT2D eigenvalue weighted by Crippen LogP contribution is 2.15. The average Bonchev–Trinajstić information content (AvgIpc) is 3.17. The molecule has 0 aromatic rings. The largest absolute Gasteiger partial charge is 0.466 e. The molecule has 0 aliphatic rings. The van der Waals surface area contributed by atoms with Crippen LogP contribution in [0.3, 0.4) is 0 Å². The number of aliphatic hydroxyl groups is 2. The first kappa shape index (κ1) is 52.3. The molecule has 0 aliphatic heterocycles. The Labute approximate surface area is 335 Å². The first-order valence-electron chi connectivity index (χ1n) is 23.6. The van der Waals surface area contributed by atoms with E-state index in [1.54, 1.807) is 6.08 Å². The van der Waals surface area contributed by atoms with E-state index >= 15 is 0 Å². The van der Waals surface area contributed by atoms with Crippen LogP contribution in [0.15, 0.2) is 24.3 Å². The van der Waals surface area contributed by atoms with Crippen molar-refractivity contribution >= 4 is 11.9 Å². The highest BCUT2D eigenvalue weighted by Gasteiger charge is 2.18. The first-order chi connectivity index (χ1) is 26.5. The van der Waals surface area contributed by atoms with Gasteiger partial charge in [-0.3, -0.25) is 9.59 Å². The molecule has 1 amide bonds. The normalized spacial score (nSPS) is 12.9. The Balaban J connectivity index is 3.48. The van der Waals surface area contributed by atoms with Crippen LogP contribution in [0.4, 0.5) is 0 Å². The molecule has 0 saturated carbocycles. The molecule has 0 rings (SSSR count). The fourth-order valence-electron chi connectivity index (χ4n) is 7.04. The Morgan fingerprint density at radius 2 is 0.870 bits per heavy atom. The van der Waals surface area contributed by atoms with Gasteiger partial charge in [-0.15, -0.1) is 0 Å². The second kappa shape index (κ2) is 44.1. The molecule has 0 fully saturated rings. The lowest BCUT2D eigenvalue weighted by atomic mass is 10.0. The molecule has 6 nitrogen and oxygen atoms in total. The van der Waals surface area contributed by atoms with Gasteiger partial charge in [0.15, 0.2) is 0 Å². The number of esters is 1. The summed E-state index contributed by atoms with van der Waals surface area (Å²) in [6.07, 6.45) is 50.2. The number of hydrogen-bond donors (Lipinski definition) is 3. The molecule has 6 heteroatoms. The third kappa shape index (κ3) is 40.0. The van der Waals surface area contributed by atoms with E-state index in [1.165, 1.54) is 161 Å². The maximum Gasteiger partial charge on any atom is 0.305 e. The predicted octanol–water partition coefficient (Wildman–Crippen LogP) is 13.6. The fourth-order valence-corrected chi connectivity index (χ4v) is 7.04. The number of nitrogens with one attached hydrogen (secondary N) is 1. The summed E-state index contributed by atoms with van der Waals surface area (Å²) in [6.45, 7) is 4.83. The van der Waals surface area contributed by atoms with Gasteiger partial charge in [0.25, 0.3) is 0 Å². The Hall–Kier alpha value is -1.66. The topological polar surface area (TPSA) is 95.9 Å². The van der Waals surface area contributed by atoms with E-state index in [-0.39, 0.29) is 18.5 Å². The molecule has 318 valence electrons. The zero-order valence-corrected chi connectivity index (χ0v) is 36.0. The Bertz CT molecular complexity index is 843. The minimum atomic E-state index is -0.852. The monoisotopic (exact) mass is 762 g/mol. The summed E-state index contributed by atoms with van der Waals surface area (Å²) in [4.78, 5) is 24.4. The minimum Gasteiger partial charge on any atom is -0.466 e. The number of allylic oxidation sites excluding steroid dienone is 3. The second-order valence-electron chi connectivity index (χ2n) is 16.1. The van der Waals surface area contributed by atoms with Gasteiger partial charge in [0.1, 0.15) is 0 Å². The second-order valence-corrected chi connectivity index (χ2v) is 16.1. The number of rotatable bonds is 43. The van der Waals surface area contributed by atoms with Crippen molar-refractivity contribution in [2.75, 3.05) is 13.2 Å². The lowest BCUT2D eigenvalue weighted by Gasteiger charge is -2.20. The molecule has 2 unspecified atom stereocenters. The summed E-state index contributed by atoms with van der Waals surface area (Å²) in [5, 5.41) is 22.9. The van der Waals surface area contributed by atoms with Gasteiger partial charge in [-0.05, 0) is 57.8 Å². The van der Waals surface area contributed by atoms with Gasteiger partial charge >= 0.3 is 5.97 Å². The maximum atomic E-state index is 12.4. The Kier molecular flexibility index (Phi) is 42.7. The molecule has 2 atom stereocenters. The predicted molar refractivity (Wildman–Crippen MR) is 232 cm³/mol. The molecular weight excluding hydrogens is 671 g/mol. The lowest BCUT2D eigenvalue weighted by molar-refractivity contribution is -0.143. The molecular formula is C48H91NO5. The zero-order chi connectivity index (χ0) is 39.4. The molecule has 54 heavy (non-hydrogen) atoms. The SMILES string of the molecule is CCCCCCCC/C=C\CCCCCCCC(=O)OCCCCCCCCCCCCCCC(=O)NC(CO)C(O)/C=C/CCCCCCCCCC. The van der Waals surface area contributed by atoms with Crippen molar-refractivity contribution in [1.29, 1.82) is 0 Å². The number of carbonyl (C=O) groups is 2. The highest BCUT2D eigenvalue weighted by molar-refractivity contribution is 5.76. The Morgan fingerprint density at radius 1 is 0.500 bits per heavy atom. The molecule has 0 aliphatic carbocycles. The standard InChI is InChI=1S/C48H91NO5/c1-3-5-7-9-11-13-15-16-17-18-22-26-30-34-38-42-48(53)54-43-39-35-31-27-23-20-19-21-25-29-33-37-41-47(52)49-45(44-50)46(51)40-36-32-28-24-14-12-10-8-6-4-2/h16-17,36,40,45-46,50-51H,3-15,18-35,37-39,41-44H2,1-2H3,(H,49,52)/b17-16-,40-36+. The molecule has 0 aromatic carbocycles. The van der Waals surface area contributed by atoms with Gasteiger partial charge in [0.05, 0.1) is 25.4 Å². The van der Waals surface area contributed by atoms with Crippen LogP contribution < -0.4 is 5.32 Å². The smallest absolute Gasteiger partial charge is 0.305 e. The van der Waals surface area contributed by atoms with Crippen LogP contribution in [0.25, 0.3) is 0 Å². The molecule has 0 spiro atoms. The summed E-state index contributed by atoms with van der Waals surface area (Å²) in [6, 6.07) is -0.637. The highest BCUT2D eigenvalue weighted by atomic mass is 16.5. The minimum absolute atomic E-state index is 0.0197. The Morgan fingerprint density at radius 3 is 1.31 bits per heavy atom.